The SMILES string of the molecule is CCOc1cc(/C=C2\SC(=Nc3ccccc3C(F)(F)F)NC2=O)ccc1OCc1ccc(Cl)cc1. The Hall–Kier alpha value is -3.43. The molecular formula is C26H20ClF3N2O3S. The van der Waals surface area contributed by atoms with Crippen LogP contribution in [0.2, 0.25) is 5.02 Å². The Labute approximate surface area is 215 Å². The molecule has 3 aromatic rings. The third kappa shape index (κ3) is 6.41. The van der Waals surface area contributed by atoms with E-state index in [2.05, 4.69) is 10.3 Å². The number of halogens is 4. The fraction of sp³-hybridized carbons (Fsp3) is 0.154. The predicted molar refractivity (Wildman–Crippen MR) is 136 cm³/mol. The Kier molecular flexibility index (Phi) is 7.91. The molecule has 0 unspecified atom stereocenters. The van der Waals surface area contributed by atoms with E-state index in [9.17, 15) is 18.0 Å². The first-order valence-corrected chi connectivity index (χ1v) is 12.0. The third-order valence-electron chi connectivity index (χ3n) is 4.96. The number of alkyl halides is 3. The maximum atomic E-state index is 13.3. The van der Waals surface area contributed by atoms with Gasteiger partial charge in [-0.15, -0.1) is 0 Å². The van der Waals surface area contributed by atoms with Crippen molar-refractivity contribution >= 4 is 46.2 Å². The van der Waals surface area contributed by atoms with Crippen molar-refractivity contribution in [3.8, 4) is 11.5 Å². The Bertz CT molecular complexity index is 1320. The van der Waals surface area contributed by atoms with Crippen LogP contribution < -0.4 is 14.8 Å². The summed E-state index contributed by atoms with van der Waals surface area (Å²) in [6.45, 7) is 2.56. The number of nitrogens with zero attached hydrogens (tertiary/aromatic N) is 1. The van der Waals surface area contributed by atoms with Gasteiger partial charge in [-0.1, -0.05) is 41.9 Å². The summed E-state index contributed by atoms with van der Waals surface area (Å²) in [5, 5.41) is 3.22. The van der Waals surface area contributed by atoms with Crippen molar-refractivity contribution in [1.82, 2.24) is 5.32 Å². The topological polar surface area (TPSA) is 59.9 Å². The van der Waals surface area contributed by atoms with Crippen LogP contribution in [0, 0.1) is 0 Å². The number of hydrogen-bond donors (Lipinski definition) is 1. The number of ether oxygens (including phenoxy) is 2. The number of carbonyl (C=O) groups excluding carboxylic acids is 1. The molecule has 0 bridgehead atoms. The van der Waals surface area contributed by atoms with Crippen molar-refractivity contribution in [1.29, 1.82) is 0 Å². The molecule has 1 amide bonds. The van der Waals surface area contributed by atoms with Gasteiger partial charge in [-0.25, -0.2) is 4.99 Å². The highest BCUT2D eigenvalue weighted by molar-refractivity contribution is 8.18. The zero-order valence-electron chi connectivity index (χ0n) is 18.9. The Morgan fingerprint density at radius 3 is 2.50 bits per heavy atom. The highest BCUT2D eigenvalue weighted by Crippen LogP contribution is 2.38. The number of hydrogen-bond acceptors (Lipinski definition) is 5. The van der Waals surface area contributed by atoms with Gasteiger partial charge in [0.15, 0.2) is 16.7 Å². The number of nitrogens with one attached hydrogen (secondary N) is 1. The van der Waals surface area contributed by atoms with E-state index in [1.165, 1.54) is 18.2 Å². The molecule has 1 N–H and O–H groups in total. The second-order valence-electron chi connectivity index (χ2n) is 7.55. The quantitative estimate of drug-likeness (QED) is 0.326. The molecule has 1 fully saturated rings. The lowest BCUT2D eigenvalue weighted by Gasteiger charge is -2.13. The second kappa shape index (κ2) is 11.1. The van der Waals surface area contributed by atoms with Crippen molar-refractivity contribution in [2.75, 3.05) is 6.61 Å². The number of benzene rings is 3. The average Bonchev–Trinajstić information content (AvgIpc) is 3.17. The van der Waals surface area contributed by atoms with Gasteiger partial charge in [0.1, 0.15) is 6.61 Å². The lowest BCUT2D eigenvalue weighted by molar-refractivity contribution is -0.137. The number of amidine groups is 1. The first-order chi connectivity index (χ1) is 17.2. The summed E-state index contributed by atoms with van der Waals surface area (Å²) in [4.78, 5) is 16.8. The smallest absolute Gasteiger partial charge is 0.418 e. The third-order valence-corrected chi connectivity index (χ3v) is 6.12. The number of aliphatic imine (C=N–C) groups is 1. The van der Waals surface area contributed by atoms with Gasteiger partial charge in [0.05, 0.1) is 22.8 Å². The van der Waals surface area contributed by atoms with Crippen LogP contribution in [-0.4, -0.2) is 17.7 Å². The molecule has 36 heavy (non-hydrogen) atoms. The van der Waals surface area contributed by atoms with Crippen molar-refractivity contribution < 1.29 is 27.4 Å². The van der Waals surface area contributed by atoms with Gasteiger partial charge in [-0.3, -0.25) is 4.79 Å². The van der Waals surface area contributed by atoms with E-state index in [4.69, 9.17) is 21.1 Å². The lowest BCUT2D eigenvalue weighted by Crippen LogP contribution is -2.19. The highest BCUT2D eigenvalue weighted by Gasteiger charge is 2.34. The van der Waals surface area contributed by atoms with E-state index in [0.29, 0.717) is 35.3 Å². The molecule has 0 spiro atoms. The molecule has 1 saturated heterocycles. The number of thioether (sulfide) groups is 1. The Morgan fingerprint density at radius 2 is 1.78 bits per heavy atom. The minimum Gasteiger partial charge on any atom is -0.490 e. The molecule has 10 heteroatoms. The fourth-order valence-corrected chi connectivity index (χ4v) is 4.26. The van der Waals surface area contributed by atoms with E-state index < -0.39 is 17.6 Å². The molecule has 1 heterocycles. The molecule has 0 radical (unpaired) electrons. The van der Waals surface area contributed by atoms with Gasteiger partial charge in [0.2, 0.25) is 0 Å². The number of carbonyl (C=O) groups is 1. The zero-order chi connectivity index (χ0) is 25.7. The van der Waals surface area contributed by atoms with Gasteiger partial charge in [-0.2, -0.15) is 13.2 Å². The summed E-state index contributed by atoms with van der Waals surface area (Å²) in [7, 11) is 0. The Balaban J connectivity index is 1.53. The van der Waals surface area contributed by atoms with Crippen molar-refractivity contribution in [3.05, 3.63) is 93.3 Å². The van der Waals surface area contributed by atoms with Crippen LogP contribution >= 0.6 is 23.4 Å². The normalized spacial score (nSPS) is 15.9. The van der Waals surface area contributed by atoms with Crippen LogP contribution in [0.25, 0.3) is 6.08 Å². The summed E-state index contributed by atoms with van der Waals surface area (Å²) in [5.74, 6) is 0.574. The standard InChI is InChI=1S/C26H20ClF3N2O3S/c1-2-34-22-13-17(9-12-21(22)35-15-16-7-10-18(27)11-8-16)14-23-24(33)32-25(36-23)31-20-6-4-3-5-19(20)26(28,29)30/h3-14H,2,15H2,1H3,(H,31,32,33)/b23-14-. The molecule has 0 aliphatic carbocycles. The van der Waals surface area contributed by atoms with Crippen LogP contribution in [-0.2, 0) is 17.6 Å². The van der Waals surface area contributed by atoms with Crippen LogP contribution in [0.5, 0.6) is 11.5 Å². The first-order valence-electron chi connectivity index (χ1n) is 10.8. The molecule has 186 valence electrons. The summed E-state index contributed by atoms with van der Waals surface area (Å²) in [6, 6.07) is 17.5. The largest absolute Gasteiger partial charge is 0.490 e. The van der Waals surface area contributed by atoms with Crippen LogP contribution in [0.4, 0.5) is 18.9 Å². The molecule has 0 saturated carbocycles. The summed E-state index contributed by atoms with van der Waals surface area (Å²) < 4.78 is 51.4. The van der Waals surface area contributed by atoms with E-state index in [1.54, 1.807) is 36.4 Å². The minimum absolute atomic E-state index is 0.0656. The number of amides is 1. The maximum absolute atomic E-state index is 13.3. The molecule has 4 rings (SSSR count). The first kappa shape index (κ1) is 25.7. The zero-order valence-corrected chi connectivity index (χ0v) is 20.5. The van der Waals surface area contributed by atoms with Crippen LogP contribution in [0.1, 0.15) is 23.6 Å². The van der Waals surface area contributed by atoms with E-state index in [-0.39, 0.29) is 15.8 Å². The van der Waals surface area contributed by atoms with Gasteiger partial charge in [0.25, 0.3) is 5.91 Å². The average molecular weight is 533 g/mol. The van der Waals surface area contributed by atoms with Crippen molar-refractivity contribution in [2.45, 2.75) is 19.7 Å². The second-order valence-corrected chi connectivity index (χ2v) is 9.02. The number of rotatable bonds is 7. The van der Waals surface area contributed by atoms with Crippen LogP contribution in [0.3, 0.4) is 0 Å². The van der Waals surface area contributed by atoms with Gasteiger partial charge < -0.3 is 14.8 Å². The number of para-hydroxylation sites is 1. The molecule has 0 atom stereocenters. The summed E-state index contributed by atoms with van der Waals surface area (Å²) >= 11 is 6.88. The fourth-order valence-electron chi connectivity index (χ4n) is 3.30. The summed E-state index contributed by atoms with van der Waals surface area (Å²) in [6.07, 6.45) is -2.94. The molecule has 3 aromatic carbocycles. The lowest BCUT2D eigenvalue weighted by atomic mass is 10.2. The van der Waals surface area contributed by atoms with Crippen molar-refractivity contribution in [3.63, 3.8) is 0 Å². The van der Waals surface area contributed by atoms with E-state index >= 15 is 0 Å². The Morgan fingerprint density at radius 1 is 1.03 bits per heavy atom. The van der Waals surface area contributed by atoms with E-state index in [1.807, 2.05) is 19.1 Å². The molecule has 1 aliphatic rings. The van der Waals surface area contributed by atoms with Crippen LogP contribution in [0.15, 0.2) is 76.6 Å². The van der Waals surface area contributed by atoms with Gasteiger partial charge in [0, 0.05) is 5.02 Å². The van der Waals surface area contributed by atoms with Crippen molar-refractivity contribution in [2.24, 2.45) is 4.99 Å². The molecule has 0 aromatic heterocycles. The van der Waals surface area contributed by atoms with Gasteiger partial charge in [-0.05, 0) is 72.3 Å². The van der Waals surface area contributed by atoms with Gasteiger partial charge >= 0.3 is 6.18 Å². The predicted octanol–water partition coefficient (Wildman–Crippen LogP) is 7.23. The molecule has 1 aliphatic heterocycles. The summed E-state index contributed by atoms with van der Waals surface area (Å²) in [5.41, 5.74) is 0.452. The maximum Gasteiger partial charge on any atom is 0.418 e. The molecule has 5 nitrogen and oxygen atoms in total. The minimum atomic E-state index is -4.56. The monoisotopic (exact) mass is 532 g/mol. The highest BCUT2D eigenvalue weighted by atomic mass is 35.5. The van der Waals surface area contributed by atoms with E-state index in [0.717, 1.165) is 23.4 Å². The molecular weight excluding hydrogens is 513 g/mol.